The maximum atomic E-state index is 13.3. The number of carbonyl (C=O) groups excluding carboxylic acids is 1. The Balaban J connectivity index is 1.74. The molecule has 0 radical (unpaired) electrons. The van der Waals surface area contributed by atoms with Crippen molar-refractivity contribution in [1.82, 2.24) is 0 Å². The number of rotatable bonds is 11. The van der Waals surface area contributed by atoms with Crippen molar-refractivity contribution in [2.75, 3.05) is 27.4 Å². The predicted octanol–water partition coefficient (Wildman–Crippen LogP) is 1.20. The van der Waals surface area contributed by atoms with Gasteiger partial charge in [-0.2, -0.15) is 0 Å². The van der Waals surface area contributed by atoms with Crippen molar-refractivity contribution in [2.45, 2.75) is 57.4 Å². The van der Waals surface area contributed by atoms with E-state index in [2.05, 4.69) is 0 Å². The topological polar surface area (TPSA) is 215 Å². The minimum atomic E-state index is -1.77. The van der Waals surface area contributed by atoms with E-state index >= 15 is 0 Å². The molecular weight excluding hydrogens is 584 g/mol. The first-order valence-corrected chi connectivity index (χ1v) is 13.8. The number of esters is 1. The maximum Gasteiger partial charge on any atom is 0.302 e. The van der Waals surface area contributed by atoms with E-state index < -0.39 is 59.6 Å². The third-order valence-electron chi connectivity index (χ3n) is 7.37. The molecule has 14 heteroatoms. The van der Waals surface area contributed by atoms with Gasteiger partial charge in [-0.25, -0.2) is 0 Å². The summed E-state index contributed by atoms with van der Waals surface area (Å²) < 4.78 is 32.7. The van der Waals surface area contributed by atoms with Crippen LogP contribution in [0.5, 0.6) is 28.7 Å². The highest BCUT2D eigenvalue weighted by Crippen LogP contribution is 2.45. The molecule has 0 saturated carbocycles. The van der Waals surface area contributed by atoms with Gasteiger partial charge in [0, 0.05) is 18.6 Å². The summed E-state index contributed by atoms with van der Waals surface area (Å²) in [6.07, 6.45) is -6.90. The van der Waals surface area contributed by atoms with E-state index in [1.807, 2.05) is 6.92 Å². The highest BCUT2D eigenvalue weighted by Gasteiger charge is 2.45. The Morgan fingerprint density at radius 1 is 1.00 bits per heavy atom. The van der Waals surface area contributed by atoms with Crippen LogP contribution in [0.2, 0.25) is 0 Å². The Morgan fingerprint density at radius 2 is 1.73 bits per heavy atom. The molecule has 0 bridgehead atoms. The standard InChI is InChI=1S/C30H36O14/c1-13(12-41-14(2)32)5-6-15-9-16(7-8-17(15)39-3)28-26(37)23(34)21-18(42-28)10-19(29(40-4)24(21)35)43-30-27(38)25(36)22(33)20(11-31)44-30/h7-10,13,20,22,25,27,30-31,33,35-38H,5-6,11-12H2,1-4H3/t13-,20+,22+,25-,27+,30-/m0/s1. The molecule has 3 aromatic rings. The number of phenols is 1. The number of fused-ring (bicyclic) bond motifs is 1. The van der Waals surface area contributed by atoms with Crippen LogP contribution in [0.25, 0.3) is 22.3 Å². The van der Waals surface area contributed by atoms with Crippen LogP contribution in [-0.2, 0) is 20.7 Å². The number of aliphatic hydroxyl groups is 4. The third-order valence-corrected chi connectivity index (χ3v) is 7.37. The number of hydrogen-bond acceptors (Lipinski definition) is 14. The summed E-state index contributed by atoms with van der Waals surface area (Å²) in [6.45, 7) is 2.82. The average Bonchev–Trinajstić information content (AvgIpc) is 3.00. The van der Waals surface area contributed by atoms with Gasteiger partial charge < -0.3 is 58.7 Å². The van der Waals surface area contributed by atoms with Crippen LogP contribution in [0.1, 0.15) is 25.8 Å². The lowest BCUT2D eigenvalue weighted by Gasteiger charge is -2.39. The Kier molecular flexibility index (Phi) is 10.2. The van der Waals surface area contributed by atoms with E-state index in [0.29, 0.717) is 24.2 Å². The van der Waals surface area contributed by atoms with Crippen molar-refractivity contribution >= 4 is 16.9 Å². The first-order chi connectivity index (χ1) is 20.9. The van der Waals surface area contributed by atoms with Crippen LogP contribution in [0.15, 0.2) is 33.5 Å². The van der Waals surface area contributed by atoms with Gasteiger partial charge in [-0.15, -0.1) is 0 Å². The van der Waals surface area contributed by atoms with Gasteiger partial charge in [-0.1, -0.05) is 6.92 Å². The molecule has 0 unspecified atom stereocenters. The number of carbonyl (C=O) groups is 1. The molecule has 2 heterocycles. The summed E-state index contributed by atoms with van der Waals surface area (Å²) in [6, 6.07) is 6.06. The number of ether oxygens (including phenoxy) is 5. The fourth-order valence-electron chi connectivity index (χ4n) is 4.91. The molecule has 0 spiro atoms. The van der Waals surface area contributed by atoms with Crippen LogP contribution >= 0.6 is 0 Å². The normalized spacial score (nSPS) is 22.4. The smallest absolute Gasteiger partial charge is 0.302 e. The van der Waals surface area contributed by atoms with Crippen LogP contribution < -0.4 is 19.6 Å². The summed E-state index contributed by atoms with van der Waals surface area (Å²) in [5.41, 5.74) is -0.153. The highest BCUT2D eigenvalue weighted by atomic mass is 16.7. The van der Waals surface area contributed by atoms with Gasteiger partial charge in [0.15, 0.2) is 17.3 Å². The van der Waals surface area contributed by atoms with Gasteiger partial charge >= 0.3 is 5.97 Å². The molecule has 14 nitrogen and oxygen atoms in total. The fourth-order valence-corrected chi connectivity index (χ4v) is 4.91. The Hall–Kier alpha value is -4.08. The lowest BCUT2D eigenvalue weighted by atomic mass is 9.98. The second-order valence-corrected chi connectivity index (χ2v) is 10.5. The van der Waals surface area contributed by atoms with E-state index in [1.165, 1.54) is 27.2 Å². The summed E-state index contributed by atoms with van der Waals surface area (Å²) in [7, 11) is 2.67. The van der Waals surface area contributed by atoms with Crippen molar-refractivity contribution in [3.63, 3.8) is 0 Å². The van der Waals surface area contributed by atoms with E-state index in [9.17, 15) is 40.2 Å². The summed E-state index contributed by atoms with van der Waals surface area (Å²) in [4.78, 5) is 24.4. The molecule has 2 aromatic carbocycles. The zero-order chi connectivity index (χ0) is 32.3. The number of hydrogen-bond donors (Lipinski definition) is 6. The van der Waals surface area contributed by atoms with Gasteiger partial charge in [0.25, 0.3) is 0 Å². The zero-order valence-electron chi connectivity index (χ0n) is 24.6. The molecule has 6 atom stereocenters. The third kappa shape index (κ3) is 6.54. The fraction of sp³-hybridized carbons (Fsp3) is 0.467. The molecule has 0 aliphatic carbocycles. The van der Waals surface area contributed by atoms with Crippen molar-refractivity contribution in [3.05, 3.63) is 40.1 Å². The average molecular weight is 621 g/mol. The van der Waals surface area contributed by atoms with Gasteiger partial charge in [0.2, 0.25) is 23.2 Å². The SMILES string of the molecule is COc1ccc(-c2oc3cc(O[C@H]4O[C@H](CO)[C@@H](O)[C@H](O)[C@H]4O)c(OC)c(O)c3c(=O)c2O)cc1CC[C@H](C)COC(C)=O. The van der Waals surface area contributed by atoms with Gasteiger partial charge in [0.05, 0.1) is 27.4 Å². The molecular formula is C30H36O14. The Labute approximate surface area is 251 Å². The molecule has 1 aliphatic rings. The zero-order valence-corrected chi connectivity index (χ0v) is 24.6. The largest absolute Gasteiger partial charge is 0.504 e. The molecule has 1 fully saturated rings. The number of methoxy groups -OCH3 is 2. The van der Waals surface area contributed by atoms with Crippen LogP contribution in [-0.4, -0.2) is 94.7 Å². The van der Waals surface area contributed by atoms with Crippen molar-refractivity contribution in [1.29, 1.82) is 0 Å². The molecule has 1 aliphatic heterocycles. The molecule has 4 rings (SSSR count). The molecule has 1 saturated heterocycles. The van der Waals surface area contributed by atoms with Gasteiger partial charge in [-0.3, -0.25) is 9.59 Å². The minimum Gasteiger partial charge on any atom is -0.504 e. The molecule has 0 amide bonds. The summed E-state index contributed by atoms with van der Waals surface area (Å²) in [5, 5.41) is 61.5. The predicted molar refractivity (Wildman–Crippen MR) is 153 cm³/mol. The lowest BCUT2D eigenvalue weighted by Crippen LogP contribution is -2.60. The Bertz CT molecular complexity index is 1550. The highest BCUT2D eigenvalue weighted by molar-refractivity contribution is 5.91. The van der Waals surface area contributed by atoms with Crippen LogP contribution in [0.4, 0.5) is 0 Å². The van der Waals surface area contributed by atoms with Gasteiger partial charge in [-0.05, 0) is 42.5 Å². The first kappa shape index (κ1) is 32.8. The molecule has 6 N–H and O–H groups in total. The molecule has 44 heavy (non-hydrogen) atoms. The number of benzene rings is 2. The minimum absolute atomic E-state index is 0.0411. The second-order valence-electron chi connectivity index (χ2n) is 10.5. The van der Waals surface area contributed by atoms with Crippen molar-refractivity contribution < 1.29 is 63.5 Å². The quantitative estimate of drug-likeness (QED) is 0.166. The van der Waals surface area contributed by atoms with E-state index in [1.54, 1.807) is 18.2 Å². The van der Waals surface area contributed by atoms with Crippen molar-refractivity contribution in [2.24, 2.45) is 5.92 Å². The molecule has 240 valence electrons. The monoisotopic (exact) mass is 620 g/mol. The van der Waals surface area contributed by atoms with E-state index in [4.69, 9.17) is 28.1 Å². The van der Waals surface area contributed by atoms with E-state index in [-0.39, 0.29) is 41.3 Å². The Morgan fingerprint density at radius 3 is 2.36 bits per heavy atom. The molecule has 1 aromatic heterocycles. The lowest BCUT2D eigenvalue weighted by molar-refractivity contribution is -0.277. The van der Waals surface area contributed by atoms with E-state index in [0.717, 1.165) is 5.56 Å². The first-order valence-electron chi connectivity index (χ1n) is 13.8. The number of phenolic OH excluding ortho intramolecular Hbond substituents is 1. The summed E-state index contributed by atoms with van der Waals surface area (Å²) in [5.74, 6) is -2.17. The summed E-state index contributed by atoms with van der Waals surface area (Å²) >= 11 is 0. The van der Waals surface area contributed by atoms with Gasteiger partial charge in [0.1, 0.15) is 41.1 Å². The number of aromatic hydroxyl groups is 2. The number of aryl methyl sites for hydroxylation is 1. The van der Waals surface area contributed by atoms with Crippen LogP contribution in [0.3, 0.4) is 0 Å². The van der Waals surface area contributed by atoms with Crippen molar-refractivity contribution in [3.8, 4) is 40.1 Å². The maximum absolute atomic E-state index is 13.3. The second kappa shape index (κ2) is 13.7. The number of aliphatic hydroxyl groups excluding tert-OH is 4. The van der Waals surface area contributed by atoms with Crippen LogP contribution in [0, 0.1) is 5.92 Å².